The zero-order valence-electron chi connectivity index (χ0n) is 28.9. The topological polar surface area (TPSA) is 74.6 Å². The molecule has 0 radical (unpaired) electrons. The number of hydrogen-bond donors (Lipinski definition) is 2. The average Bonchev–Trinajstić information content (AvgIpc) is 3.10. The van der Waals surface area contributed by atoms with E-state index in [4.69, 9.17) is 19.3 Å². The van der Waals surface area contributed by atoms with Crippen molar-refractivity contribution < 1.29 is 24.4 Å². The highest BCUT2D eigenvalue weighted by atomic mass is 16.5. The van der Waals surface area contributed by atoms with Crippen LogP contribution in [0.5, 0.6) is 23.0 Å². The third-order valence-electron chi connectivity index (χ3n) is 7.06. The summed E-state index contributed by atoms with van der Waals surface area (Å²) in [7, 11) is 7.39. The van der Waals surface area contributed by atoms with Gasteiger partial charge in [0, 0.05) is 38.0 Å². The Labute approximate surface area is 279 Å². The van der Waals surface area contributed by atoms with E-state index in [0.29, 0.717) is 19.0 Å². The first-order valence-electron chi connectivity index (χ1n) is 15.8. The number of unbranched alkanes of at least 4 members (excludes halogenated alkanes) is 1. The SMILES string of the molecule is C#C.C#C.CCCCO.CCN(Cc1ccc(OCCN(C)C)cc1)c1ccc(OC)c(OC)c1.Oc1ccc2c(c1)CCCC2. The zero-order valence-corrected chi connectivity index (χ0v) is 28.9. The van der Waals surface area contributed by atoms with E-state index in [-0.39, 0.29) is 0 Å². The molecule has 0 aliphatic heterocycles. The van der Waals surface area contributed by atoms with Gasteiger partial charge in [-0.1, -0.05) is 31.5 Å². The highest BCUT2D eigenvalue weighted by Crippen LogP contribution is 2.32. The number of rotatable bonds is 12. The number of phenols is 1. The summed E-state index contributed by atoms with van der Waals surface area (Å²) < 4.78 is 16.5. The maximum Gasteiger partial charge on any atom is 0.162 e. The van der Waals surface area contributed by atoms with Gasteiger partial charge in [-0.25, -0.2) is 0 Å². The molecule has 4 rings (SSSR count). The van der Waals surface area contributed by atoms with E-state index >= 15 is 0 Å². The Hall–Kier alpha value is -4.30. The van der Waals surface area contributed by atoms with Crippen LogP contribution in [0.25, 0.3) is 0 Å². The molecule has 0 amide bonds. The number of phenolic OH excluding ortho intramolecular Hbond substituents is 1. The van der Waals surface area contributed by atoms with Gasteiger partial charge in [-0.3, -0.25) is 0 Å². The van der Waals surface area contributed by atoms with Crippen molar-refractivity contribution in [3.8, 4) is 48.7 Å². The Morgan fingerprint density at radius 1 is 0.783 bits per heavy atom. The molecule has 252 valence electrons. The Balaban J connectivity index is 0.000000826. The van der Waals surface area contributed by atoms with Crippen LogP contribution in [0.2, 0.25) is 0 Å². The molecule has 0 fully saturated rings. The Morgan fingerprint density at radius 2 is 1.41 bits per heavy atom. The summed E-state index contributed by atoms with van der Waals surface area (Å²) in [5, 5.41) is 17.3. The van der Waals surface area contributed by atoms with E-state index in [9.17, 15) is 5.11 Å². The van der Waals surface area contributed by atoms with Gasteiger partial charge in [0.1, 0.15) is 18.1 Å². The van der Waals surface area contributed by atoms with E-state index in [2.05, 4.69) is 67.5 Å². The minimum Gasteiger partial charge on any atom is -0.508 e. The van der Waals surface area contributed by atoms with Gasteiger partial charge in [0.15, 0.2) is 11.5 Å². The number of terminal acetylenes is 2. The molecule has 0 saturated carbocycles. The lowest BCUT2D eigenvalue weighted by Crippen LogP contribution is -2.22. The van der Waals surface area contributed by atoms with Crippen LogP contribution in [-0.2, 0) is 19.4 Å². The van der Waals surface area contributed by atoms with Crippen LogP contribution >= 0.6 is 0 Å². The third-order valence-corrected chi connectivity index (χ3v) is 7.06. The molecule has 0 atom stereocenters. The Bertz CT molecular complexity index is 1230. The van der Waals surface area contributed by atoms with Gasteiger partial charge in [0.05, 0.1) is 14.2 Å². The molecule has 0 bridgehead atoms. The van der Waals surface area contributed by atoms with Crippen molar-refractivity contribution in [3.63, 3.8) is 0 Å². The van der Waals surface area contributed by atoms with Crippen LogP contribution in [0, 0.1) is 25.7 Å². The molecule has 3 aromatic rings. The van der Waals surface area contributed by atoms with Crippen molar-refractivity contribution in [2.75, 3.05) is 59.5 Å². The Kier molecular flexibility index (Phi) is 23.5. The van der Waals surface area contributed by atoms with Gasteiger partial charge < -0.3 is 34.2 Å². The second-order valence-corrected chi connectivity index (χ2v) is 10.6. The minimum atomic E-state index is 0.344. The lowest BCUT2D eigenvalue weighted by molar-refractivity contribution is 0.261. The van der Waals surface area contributed by atoms with Crippen LogP contribution in [0.1, 0.15) is 56.2 Å². The number of hydrogen-bond acceptors (Lipinski definition) is 7. The highest BCUT2D eigenvalue weighted by Gasteiger charge is 2.11. The number of aryl methyl sites for hydroxylation is 2. The minimum absolute atomic E-state index is 0.344. The lowest BCUT2D eigenvalue weighted by atomic mass is 9.92. The van der Waals surface area contributed by atoms with E-state index in [1.54, 1.807) is 20.3 Å². The second-order valence-electron chi connectivity index (χ2n) is 10.6. The molecule has 0 aromatic heterocycles. The molecular formula is C39H56N2O5. The van der Waals surface area contributed by atoms with E-state index in [0.717, 1.165) is 61.8 Å². The molecule has 2 N–H and O–H groups in total. The summed E-state index contributed by atoms with van der Waals surface area (Å²) in [5.41, 5.74) is 5.11. The molecule has 7 nitrogen and oxygen atoms in total. The smallest absolute Gasteiger partial charge is 0.162 e. The summed E-state index contributed by atoms with van der Waals surface area (Å²) in [6.45, 7) is 7.87. The van der Waals surface area contributed by atoms with Gasteiger partial charge in [-0.2, -0.15) is 0 Å². The van der Waals surface area contributed by atoms with Crippen LogP contribution in [-0.4, -0.2) is 69.7 Å². The number of benzene rings is 3. The fourth-order valence-electron chi connectivity index (χ4n) is 4.54. The van der Waals surface area contributed by atoms with Crippen LogP contribution in [0.15, 0.2) is 60.7 Å². The van der Waals surface area contributed by atoms with Gasteiger partial charge in [-0.05, 0) is 106 Å². The lowest BCUT2D eigenvalue weighted by Gasteiger charge is -2.24. The fourth-order valence-corrected chi connectivity index (χ4v) is 4.54. The number of fused-ring (bicyclic) bond motifs is 1. The zero-order chi connectivity index (χ0) is 34.7. The number of likely N-dealkylation sites (N-methyl/N-ethyl adjacent to an activating group) is 1. The van der Waals surface area contributed by atoms with Crippen molar-refractivity contribution in [2.24, 2.45) is 0 Å². The third kappa shape index (κ3) is 16.1. The fraction of sp³-hybridized carbons (Fsp3) is 0.436. The molecule has 0 spiro atoms. The summed E-state index contributed by atoms with van der Waals surface area (Å²) in [6, 6.07) is 20.1. The van der Waals surface area contributed by atoms with Gasteiger partial charge >= 0.3 is 0 Å². The Morgan fingerprint density at radius 3 is 1.93 bits per heavy atom. The monoisotopic (exact) mass is 632 g/mol. The predicted molar refractivity (Wildman–Crippen MR) is 193 cm³/mol. The van der Waals surface area contributed by atoms with Gasteiger partial charge in [-0.15, -0.1) is 25.7 Å². The molecule has 1 aliphatic carbocycles. The molecule has 3 aromatic carbocycles. The summed E-state index contributed by atoms with van der Waals surface area (Å²) >= 11 is 0. The largest absolute Gasteiger partial charge is 0.508 e. The first kappa shape index (κ1) is 41.7. The first-order chi connectivity index (χ1) is 22.3. The summed E-state index contributed by atoms with van der Waals surface area (Å²) in [5.74, 6) is 2.80. The number of aromatic hydroxyl groups is 1. The standard InChI is InChI=1S/C21H30N2O3.C10H12O.C4H10O.2C2H2/c1-6-23(18-9-12-20(24-4)21(15-18)25-5)16-17-7-10-19(11-8-17)26-14-13-22(2)3;11-10-6-5-8-3-1-2-4-9(8)7-10;1-2-3-4-5;2*1-2/h7-12,15H,6,13-14,16H2,1-5H3;5-7,11H,1-4H2;5H,2-4H2,1H3;2*1-2H. The number of methoxy groups -OCH3 is 2. The average molecular weight is 633 g/mol. The van der Waals surface area contributed by atoms with Crippen molar-refractivity contribution in [1.82, 2.24) is 4.90 Å². The number of aliphatic hydroxyl groups excluding tert-OH is 1. The first-order valence-corrected chi connectivity index (χ1v) is 15.8. The van der Waals surface area contributed by atoms with E-state index < -0.39 is 0 Å². The molecular weight excluding hydrogens is 576 g/mol. The van der Waals surface area contributed by atoms with Crippen LogP contribution < -0.4 is 19.1 Å². The van der Waals surface area contributed by atoms with Crippen molar-refractivity contribution in [3.05, 3.63) is 77.4 Å². The normalized spacial score (nSPS) is 10.9. The highest BCUT2D eigenvalue weighted by molar-refractivity contribution is 5.56. The van der Waals surface area contributed by atoms with Crippen LogP contribution in [0.4, 0.5) is 5.69 Å². The molecule has 0 heterocycles. The maximum absolute atomic E-state index is 9.19. The summed E-state index contributed by atoms with van der Waals surface area (Å²) in [4.78, 5) is 4.40. The molecule has 46 heavy (non-hydrogen) atoms. The molecule has 7 heteroatoms. The molecule has 1 aliphatic rings. The maximum atomic E-state index is 9.19. The van der Waals surface area contributed by atoms with Crippen LogP contribution in [0.3, 0.4) is 0 Å². The van der Waals surface area contributed by atoms with Gasteiger partial charge in [0.25, 0.3) is 0 Å². The molecule has 0 saturated heterocycles. The number of nitrogens with zero attached hydrogens (tertiary/aromatic N) is 2. The number of ether oxygens (including phenoxy) is 3. The van der Waals surface area contributed by atoms with Gasteiger partial charge in [0.2, 0.25) is 0 Å². The molecule has 0 unspecified atom stereocenters. The summed E-state index contributed by atoms with van der Waals surface area (Å²) in [6.07, 6.45) is 22.9. The number of anilines is 1. The number of aliphatic hydroxyl groups is 1. The quantitative estimate of drug-likeness (QED) is 0.204. The van der Waals surface area contributed by atoms with E-state index in [1.165, 1.54) is 36.0 Å². The van der Waals surface area contributed by atoms with Crippen molar-refractivity contribution in [2.45, 2.75) is 58.9 Å². The van der Waals surface area contributed by atoms with E-state index in [1.807, 2.05) is 50.5 Å². The van der Waals surface area contributed by atoms with Crippen molar-refractivity contribution in [1.29, 1.82) is 0 Å². The van der Waals surface area contributed by atoms with Crippen molar-refractivity contribution >= 4 is 5.69 Å². The second kappa shape index (κ2) is 26.0. The predicted octanol–water partition coefficient (Wildman–Crippen LogP) is 7.22.